The molecule has 3 rings (SSSR count). The first-order valence-electron chi connectivity index (χ1n) is 8.72. The summed E-state index contributed by atoms with van der Waals surface area (Å²) in [7, 11) is 0. The van der Waals surface area contributed by atoms with E-state index >= 15 is 0 Å². The predicted molar refractivity (Wildman–Crippen MR) is 106 cm³/mol. The van der Waals surface area contributed by atoms with E-state index in [4.69, 9.17) is 16.1 Å². The van der Waals surface area contributed by atoms with Crippen molar-refractivity contribution in [3.05, 3.63) is 70.6 Å². The van der Waals surface area contributed by atoms with E-state index in [1.165, 1.54) is 0 Å². The number of carbonyl (C=O) groups is 1. The molecule has 0 atom stereocenters. The van der Waals surface area contributed by atoms with E-state index in [1.807, 2.05) is 64.1 Å². The van der Waals surface area contributed by atoms with Crippen LogP contribution in [0.15, 0.2) is 53.1 Å². The topological polar surface area (TPSA) is 59.2 Å². The lowest BCUT2D eigenvalue weighted by Crippen LogP contribution is -2.45. The average molecular weight is 384 g/mol. The van der Waals surface area contributed by atoms with Gasteiger partial charge in [-0.1, -0.05) is 53.2 Å². The van der Waals surface area contributed by atoms with Crippen LogP contribution < -0.4 is 0 Å². The second kappa shape index (κ2) is 7.53. The van der Waals surface area contributed by atoms with E-state index in [0.717, 1.165) is 11.1 Å². The summed E-state index contributed by atoms with van der Waals surface area (Å²) in [6.45, 7) is 8.02. The molecule has 0 aliphatic rings. The molecule has 2 aromatic carbocycles. The van der Waals surface area contributed by atoms with Crippen molar-refractivity contribution in [3.63, 3.8) is 0 Å². The molecular formula is C21H22ClN3O2. The molecule has 0 saturated heterocycles. The molecule has 27 heavy (non-hydrogen) atoms. The minimum absolute atomic E-state index is 0.174. The van der Waals surface area contributed by atoms with Crippen molar-refractivity contribution in [3.8, 4) is 11.4 Å². The zero-order chi connectivity index (χ0) is 19.6. The molecule has 0 aliphatic carbocycles. The Kier molecular flexibility index (Phi) is 5.33. The van der Waals surface area contributed by atoms with E-state index in [2.05, 4.69) is 10.1 Å². The standard InChI is InChI=1S/C21H22ClN3O2/c1-14-10-11-16(17(22)12-14)20(26)25(21(2,3)4)13-18-23-19(24-27-18)15-8-6-5-7-9-15/h5-12H,13H2,1-4H3. The molecule has 0 radical (unpaired) electrons. The Labute approximate surface area is 164 Å². The van der Waals surface area contributed by atoms with Gasteiger partial charge >= 0.3 is 0 Å². The molecule has 1 amide bonds. The second-order valence-corrected chi connectivity index (χ2v) is 7.83. The van der Waals surface area contributed by atoms with Crippen LogP contribution in [0.5, 0.6) is 0 Å². The van der Waals surface area contributed by atoms with Crippen molar-refractivity contribution in [1.82, 2.24) is 15.0 Å². The van der Waals surface area contributed by atoms with Crippen LogP contribution in [-0.2, 0) is 6.54 Å². The molecule has 1 aromatic heterocycles. The van der Waals surface area contributed by atoms with Gasteiger partial charge in [0.1, 0.15) is 6.54 Å². The van der Waals surface area contributed by atoms with Crippen LogP contribution in [0.25, 0.3) is 11.4 Å². The number of amides is 1. The molecule has 5 nitrogen and oxygen atoms in total. The Balaban J connectivity index is 1.88. The molecule has 6 heteroatoms. The molecule has 0 N–H and O–H groups in total. The van der Waals surface area contributed by atoms with E-state index in [9.17, 15) is 4.79 Å². The fourth-order valence-corrected chi connectivity index (χ4v) is 3.03. The van der Waals surface area contributed by atoms with Crippen LogP contribution in [-0.4, -0.2) is 26.5 Å². The Bertz CT molecular complexity index is 946. The molecule has 0 fully saturated rings. The smallest absolute Gasteiger partial charge is 0.256 e. The third kappa shape index (κ3) is 4.37. The van der Waals surface area contributed by atoms with Crippen LogP contribution >= 0.6 is 11.6 Å². The van der Waals surface area contributed by atoms with Crippen molar-refractivity contribution in [2.45, 2.75) is 39.8 Å². The Morgan fingerprint density at radius 1 is 1.15 bits per heavy atom. The van der Waals surface area contributed by atoms with Crippen LogP contribution in [0.4, 0.5) is 0 Å². The zero-order valence-corrected chi connectivity index (χ0v) is 16.6. The predicted octanol–water partition coefficient (Wildman–Crippen LogP) is 5.14. The molecule has 140 valence electrons. The highest BCUT2D eigenvalue weighted by Gasteiger charge is 2.30. The minimum Gasteiger partial charge on any atom is -0.337 e. The van der Waals surface area contributed by atoms with E-state index < -0.39 is 5.54 Å². The number of halogens is 1. The largest absolute Gasteiger partial charge is 0.337 e. The van der Waals surface area contributed by atoms with Crippen LogP contribution in [0.1, 0.15) is 42.6 Å². The second-order valence-electron chi connectivity index (χ2n) is 7.42. The van der Waals surface area contributed by atoms with Gasteiger partial charge in [-0.15, -0.1) is 0 Å². The summed E-state index contributed by atoms with van der Waals surface area (Å²) in [5.41, 5.74) is 1.87. The minimum atomic E-state index is -0.452. The number of aryl methyl sites for hydroxylation is 1. The molecule has 1 heterocycles. The molecule has 0 spiro atoms. The van der Waals surface area contributed by atoms with Gasteiger partial charge in [0.25, 0.3) is 5.91 Å². The maximum Gasteiger partial charge on any atom is 0.256 e. The number of aromatic nitrogens is 2. The average Bonchev–Trinajstić information content (AvgIpc) is 3.08. The SMILES string of the molecule is Cc1ccc(C(=O)N(Cc2nc(-c3ccccc3)no2)C(C)(C)C)c(Cl)c1. The van der Waals surface area contributed by atoms with Gasteiger partial charge < -0.3 is 9.42 Å². The summed E-state index contributed by atoms with van der Waals surface area (Å²) in [5, 5.41) is 4.47. The fraction of sp³-hybridized carbons (Fsp3) is 0.286. The third-order valence-electron chi connectivity index (χ3n) is 4.20. The number of rotatable bonds is 4. The van der Waals surface area contributed by atoms with Gasteiger partial charge in [0.2, 0.25) is 11.7 Å². The van der Waals surface area contributed by atoms with Crippen molar-refractivity contribution < 1.29 is 9.32 Å². The monoisotopic (exact) mass is 383 g/mol. The summed E-state index contributed by atoms with van der Waals surface area (Å²) in [6.07, 6.45) is 0. The van der Waals surface area contributed by atoms with E-state index in [1.54, 1.807) is 17.0 Å². The quantitative estimate of drug-likeness (QED) is 0.625. The summed E-state index contributed by atoms with van der Waals surface area (Å²) < 4.78 is 5.39. The van der Waals surface area contributed by atoms with Gasteiger partial charge in [-0.2, -0.15) is 4.98 Å². The third-order valence-corrected chi connectivity index (χ3v) is 4.52. The molecular weight excluding hydrogens is 362 g/mol. The van der Waals surface area contributed by atoms with Gasteiger partial charge in [0, 0.05) is 11.1 Å². The molecule has 0 unspecified atom stereocenters. The fourth-order valence-electron chi connectivity index (χ4n) is 2.71. The normalized spacial score (nSPS) is 11.4. The first-order chi connectivity index (χ1) is 12.8. The van der Waals surface area contributed by atoms with Gasteiger partial charge in [-0.05, 0) is 45.4 Å². The van der Waals surface area contributed by atoms with Gasteiger partial charge in [0.15, 0.2) is 0 Å². The van der Waals surface area contributed by atoms with Crippen LogP contribution in [0.3, 0.4) is 0 Å². The van der Waals surface area contributed by atoms with Crippen molar-refractivity contribution in [2.75, 3.05) is 0 Å². The van der Waals surface area contributed by atoms with Gasteiger partial charge in [-0.25, -0.2) is 0 Å². The lowest BCUT2D eigenvalue weighted by molar-refractivity contribution is 0.0526. The first kappa shape index (κ1) is 19.1. The Morgan fingerprint density at radius 2 is 1.85 bits per heavy atom. The molecule has 0 aliphatic heterocycles. The summed E-state index contributed by atoms with van der Waals surface area (Å²) in [4.78, 5) is 19.3. The maximum atomic E-state index is 13.2. The highest BCUT2D eigenvalue weighted by atomic mass is 35.5. The lowest BCUT2D eigenvalue weighted by Gasteiger charge is -2.35. The Hall–Kier alpha value is -2.66. The summed E-state index contributed by atoms with van der Waals surface area (Å²) >= 11 is 6.31. The van der Waals surface area contributed by atoms with Crippen LogP contribution in [0, 0.1) is 6.92 Å². The highest BCUT2D eigenvalue weighted by Crippen LogP contribution is 2.25. The van der Waals surface area contributed by atoms with Gasteiger partial charge in [-0.3, -0.25) is 4.79 Å². The maximum absolute atomic E-state index is 13.2. The van der Waals surface area contributed by atoms with Gasteiger partial charge in [0.05, 0.1) is 10.6 Å². The zero-order valence-electron chi connectivity index (χ0n) is 15.9. The Morgan fingerprint density at radius 3 is 2.48 bits per heavy atom. The lowest BCUT2D eigenvalue weighted by atomic mass is 10.0. The summed E-state index contributed by atoms with van der Waals surface area (Å²) in [6, 6.07) is 15.0. The van der Waals surface area contributed by atoms with Crippen molar-refractivity contribution in [1.29, 1.82) is 0 Å². The first-order valence-corrected chi connectivity index (χ1v) is 9.09. The molecule has 3 aromatic rings. The number of benzene rings is 2. The number of hydrogen-bond donors (Lipinski definition) is 0. The van der Waals surface area contributed by atoms with Crippen LogP contribution in [0.2, 0.25) is 5.02 Å². The molecule has 0 saturated carbocycles. The van der Waals surface area contributed by atoms with E-state index in [0.29, 0.717) is 22.3 Å². The number of carbonyl (C=O) groups excluding carboxylic acids is 1. The van der Waals surface area contributed by atoms with Crippen molar-refractivity contribution in [2.24, 2.45) is 0 Å². The van der Waals surface area contributed by atoms with E-state index in [-0.39, 0.29) is 12.5 Å². The highest BCUT2D eigenvalue weighted by molar-refractivity contribution is 6.33. The molecule has 0 bridgehead atoms. The number of hydrogen-bond acceptors (Lipinski definition) is 4. The van der Waals surface area contributed by atoms with Crippen molar-refractivity contribution >= 4 is 17.5 Å². The number of nitrogens with zero attached hydrogens (tertiary/aromatic N) is 3. The summed E-state index contributed by atoms with van der Waals surface area (Å²) in [5.74, 6) is 0.701.